The molecule has 0 saturated carbocycles. The van der Waals surface area contributed by atoms with Crippen LogP contribution in [0.4, 0.5) is 17.1 Å². The van der Waals surface area contributed by atoms with Crippen molar-refractivity contribution in [1.29, 1.82) is 0 Å². The first-order chi connectivity index (χ1) is 9.49. The predicted molar refractivity (Wildman–Crippen MR) is 75.9 cm³/mol. The number of rotatable bonds is 3. The molecule has 0 radical (unpaired) electrons. The van der Waals surface area contributed by atoms with Crippen LogP contribution in [-0.4, -0.2) is 38.0 Å². The maximum absolute atomic E-state index is 12.4. The summed E-state index contributed by atoms with van der Waals surface area (Å²) < 4.78 is 37.1. The number of anilines is 1. The number of aryl methyl sites for hydroxylation is 1. The fourth-order valence-corrected chi connectivity index (χ4v) is 5.01. The zero-order chi connectivity index (χ0) is 14.3. The van der Waals surface area contributed by atoms with Crippen LogP contribution in [0.2, 0.25) is 0 Å². The number of nitrogens with zero attached hydrogens (tertiary/aromatic N) is 5. The van der Waals surface area contributed by atoms with E-state index in [9.17, 15) is 8.42 Å². The number of hydrogen-bond donors (Lipinski definition) is 1. The Labute approximate surface area is 128 Å². The van der Waals surface area contributed by atoms with E-state index in [1.165, 1.54) is 11.7 Å². The minimum atomic E-state index is -3.81. The van der Waals surface area contributed by atoms with E-state index in [2.05, 4.69) is 38.9 Å². The predicted octanol–water partition coefficient (Wildman–Crippen LogP) is 1.73. The Bertz CT molecular complexity index is 851. The third-order valence-electron chi connectivity index (χ3n) is 2.52. The van der Waals surface area contributed by atoms with Crippen LogP contribution >= 0.6 is 15.9 Å². The molecule has 11 heteroatoms. The molecule has 20 heavy (non-hydrogen) atoms. The van der Waals surface area contributed by atoms with Crippen LogP contribution in [0.3, 0.4) is 0 Å². The molecule has 1 aliphatic rings. The van der Waals surface area contributed by atoms with Gasteiger partial charge in [0.15, 0.2) is 0 Å². The zero-order valence-corrected chi connectivity index (χ0v) is 14.1. The molecule has 0 atom stereocenters. The fraction of sp³-hybridized carbons (Fsp3) is 0.111. The number of fused-ring (bicyclic) bond motifs is 1. The Morgan fingerprint density at radius 1 is 1.35 bits per heavy atom. The monoisotopic (exact) mass is 422 g/mol. The number of nitrogens with one attached hydrogen (secondary N) is 1. The summed E-state index contributed by atoms with van der Waals surface area (Å²) in [4.78, 5) is 0. The van der Waals surface area contributed by atoms with Gasteiger partial charge in [0.25, 0.3) is 0 Å². The summed E-state index contributed by atoms with van der Waals surface area (Å²) >= 11 is 2.85. The molecular formula is C9H7BrN6O2SSe. The van der Waals surface area contributed by atoms with E-state index in [0.717, 1.165) is 0 Å². The van der Waals surface area contributed by atoms with Gasteiger partial charge in [-0.15, -0.1) is 0 Å². The van der Waals surface area contributed by atoms with Gasteiger partial charge in [0.2, 0.25) is 0 Å². The van der Waals surface area contributed by atoms with Gasteiger partial charge in [-0.2, -0.15) is 0 Å². The fourth-order valence-electron chi connectivity index (χ4n) is 1.69. The molecule has 2 aromatic rings. The van der Waals surface area contributed by atoms with Gasteiger partial charge in [0.05, 0.1) is 0 Å². The molecule has 3 rings (SSSR count). The first-order valence-corrected chi connectivity index (χ1v) is 9.09. The second-order valence-corrected chi connectivity index (χ2v) is 7.31. The number of aromatic nitrogens is 3. The van der Waals surface area contributed by atoms with Crippen LogP contribution in [0.15, 0.2) is 35.8 Å². The van der Waals surface area contributed by atoms with E-state index < -0.39 is 10.0 Å². The van der Waals surface area contributed by atoms with Crippen LogP contribution in [0.1, 0.15) is 0 Å². The third-order valence-corrected chi connectivity index (χ3v) is 5.91. The number of benzene rings is 1. The zero-order valence-electron chi connectivity index (χ0n) is 9.98. The topological polar surface area (TPSA) is 102 Å². The van der Waals surface area contributed by atoms with Crippen molar-refractivity contribution in [2.45, 2.75) is 5.03 Å². The minimum absolute atomic E-state index is 0.0458. The number of halogens is 1. The molecule has 0 saturated heterocycles. The van der Waals surface area contributed by atoms with E-state index >= 15 is 0 Å². The second-order valence-electron chi connectivity index (χ2n) is 3.85. The molecule has 0 bridgehead atoms. The maximum atomic E-state index is 12.4. The molecule has 8 nitrogen and oxygen atoms in total. The summed E-state index contributed by atoms with van der Waals surface area (Å²) in [6.45, 7) is 0. The molecule has 1 aromatic carbocycles. The first kappa shape index (κ1) is 13.7. The van der Waals surface area contributed by atoms with Crippen molar-refractivity contribution in [3.8, 4) is 0 Å². The Kier molecular flexibility index (Phi) is 3.36. The summed E-state index contributed by atoms with van der Waals surface area (Å²) in [7, 11) is -2.30. The molecule has 0 unspecified atom stereocenters. The van der Waals surface area contributed by atoms with E-state index in [1.54, 1.807) is 18.2 Å². The quantitative estimate of drug-likeness (QED) is 0.650. The second kappa shape index (κ2) is 4.92. The standard InChI is InChI=1S/C9H7BrN6O2SSe/c1-16-9(8(10)11-15-16)19(17,18)12-5-3-2-4-6-7(5)14-20-13-6/h2-4,12H,1H3. The molecule has 2 heterocycles. The third kappa shape index (κ3) is 2.26. The molecule has 1 N–H and O–H groups in total. The molecule has 1 aromatic heterocycles. The number of hydrogen-bond acceptors (Lipinski definition) is 6. The van der Waals surface area contributed by atoms with Crippen LogP contribution < -0.4 is 4.72 Å². The van der Waals surface area contributed by atoms with Crippen LogP contribution in [-0.2, 0) is 17.1 Å². The van der Waals surface area contributed by atoms with E-state index in [4.69, 9.17) is 0 Å². The van der Waals surface area contributed by atoms with Crippen molar-refractivity contribution in [2.24, 2.45) is 15.0 Å². The summed E-state index contributed by atoms with van der Waals surface area (Å²) in [5.41, 5.74) is 1.67. The Morgan fingerprint density at radius 3 is 2.85 bits per heavy atom. The normalized spacial score (nSPS) is 13.1. The SMILES string of the molecule is Cn1nnc(Br)c1S(=O)(=O)Nc1cccc2c1N=[Se]=N2. The number of sulfonamides is 1. The molecule has 0 fully saturated rings. The Hall–Kier alpha value is -1.29. The van der Waals surface area contributed by atoms with Gasteiger partial charge in [0.1, 0.15) is 0 Å². The summed E-state index contributed by atoms with van der Waals surface area (Å²) in [6, 6.07) is 5.18. The molecule has 0 amide bonds. The van der Waals surface area contributed by atoms with E-state index in [1.807, 2.05) is 0 Å². The van der Waals surface area contributed by atoms with E-state index in [0.29, 0.717) is 17.1 Å². The van der Waals surface area contributed by atoms with Crippen molar-refractivity contribution >= 4 is 57.6 Å². The summed E-state index contributed by atoms with van der Waals surface area (Å²) in [6.07, 6.45) is 0. The van der Waals surface area contributed by atoms with E-state index in [-0.39, 0.29) is 24.2 Å². The van der Waals surface area contributed by atoms with Crippen molar-refractivity contribution in [1.82, 2.24) is 15.0 Å². The summed E-state index contributed by atoms with van der Waals surface area (Å²) in [5.74, 6) is 0. The first-order valence-electron chi connectivity index (χ1n) is 5.28. The van der Waals surface area contributed by atoms with Gasteiger partial charge in [-0.1, -0.05) is 0 Å². The van der Waals surface area contributed by atoms with Gasteiger partial charge < -0.3 is 0 Å². The van der Waals surface area contributed by atoms with Gasteiger partial charge in [-0.3, -0.25) is 0 Å². The average Bonchev–Trinajstić information content (AvgIpc) is 2.96. The Balaban J connectivity index is 2.04. The molecular weight excluding hydrogens is 415 g/mol. The van der Waals surface area contributed by atoms with Crippen molar-refractivity contribution in [3.05, 3.63) is 22.8 Å². The van der Waals surface area contributed by atoms with Crippen molar-refractivity contribution in [3.63, 3.8) is 0 Å². The van der Waals surface area contributed by atoms with Crippen molar-refractivity contribution in [2.75, 3.05) is 4.72 Å². The van der Waals surface area contributed by atoms with Crippen LogP contribution in [0.5, 0.6) is 0 Å². The van der Waals surface area contributed by atoms with Gasteiger partial charge in [-0.05, 0) is 0 Å². The van der Waals surface area contributed by atoms with Gasteiger partial charge in [0, 0.05) is 0 Å². The summed E-state index contributed by atoms with van der Waals surface area (Å²) in [5, 5.41) is 7.28. The molecule has 0 aliphatic carbocycles. The van der Waals surface area contributed by atoms with Crippen molar-refractivity contribution < 1.29 is 8.42 Å². The molecule has 0 spiro atoms. The van der Waals surface area contributed by atoms with Gasteiger partial charge >= 0.3 is 129 Å². The molecule has 104 valence electrons. The van der Waals surface area contributed by atoms with Crippen LogP contribution in [0, 0.1) is 0 Å². The average molecular weight is 422 g/mol. The van der Waals surface area contributed by atoms with Crippen LogP contribution in [0.25, 0.3) is 0 Å². The molecule has 1 aliphatic heterocycles. The van der Waals surface area contributed by atoms with Gasteiger partial charge in [-0.25, -0.2) is 0 Å². The Morgan fingerprint density at radius 2 is 2.15 bits per heavy atom.